The van der Waals surface area contributed by atoms with Crippen molar-refractivity contribution in [2.45, 2.75) is 18.6 Å². The largest absolute Gasteiger partial charge is 0.500 e. The predicted molar refractivity (Wildman–Crippen MR) is 58.1 cm³/mol. The van der Waals surface area contributed by atoms with Crippen molar-refractivity contribution >= 4 is 8.80 Å². The van der Waals surface area contributed by atoms with E-state index in [0.717, 1.165) is 12.5 Å². The van der Waals surface area contributed by atoms with Crippen LogP contribution in [0.15, 0.2) is 0 Å². The fourth-order valence-electron chi connectivity index (χ4n) is 1.31. The first-order valence-electron chi connectivity index (χ1n) is 4.68. The molecule has 0 heterocycles. The summed E-state index contributed by atoms with van der Waals surface area (Å²) in [6, 6.07) is 0.794. The smallest absolute Gasteiger partial charge is 0.377 e. The predicted octanol–water partition coefficient (Wildman–Crippen LogP) is 0.0195. The number of rotatable bonds is 8. The van der Waals surface area contributed by atoms with Crippen molar-refractivity contribution in [3.63, 3.8) is 0 Å². The van der Waals surface area contributed by atoms with Crippen LogP contribution in [0.4, 0.5) is 0 Å². The summed E-state index contributed by atoms with van der Waals surface area (Å²) in [5, 5.41) is 6.28. The molecule has 6 heteroatoms. The quantitative estimate of drug-likeness (QED) is 0.448. The monoisotopic (exact) mass is 222 g/mol. The lowest BCUT2D eigenvalue weighted by Crippen LogP contribution is -2.46. The molecule has 0 aromatic carbocycles. The Bertz CT molecular complexity index is 132. The van der Waals surface area contributed by atoms with Crippen molar-refractivity contribution in [2.24, 2.45) is 0 Å². The maximum Gasteiger partial charge on any atom is 0.500 e. The van der Waals surface area contributed by atoms with Gasteiger partial charge in [0, 0.05) is 27.4 Å². The molecule has 0 atom stereocenters. The summed E-state index contributed by atoms with van der Waals surface area (Å²) in [7, 11) is 6.33. The number of hydrogen-bond acceptors (Lipinski definition) is 5. The summed E-state index contributed by atoms with van der Waals surface area (Å²) in [6.45, 7) is 0. The van der Waals surface area contributed by atoms with Crippen molar-refractivity contribution in [1.82, 2.24) is 10.6 Å². The van der Waals surface area contributed by atoms with Crippen molar-refractivity contribution < 1.29 is 13.3 Å². The average Bonchev–Trinajstić information content (AvgIpc) is 2.26. The van der Waals surface area contributed by atoms with Crippen LogP contribution in [0.2, 0.25) is 6.04 Å². The minimum absolute atomic E-state index is 0.266. The van der Waals surface area contributed by atoms with Crippen molar-refractivity contribution in [3.05, 3.63) is 0 Å². The van der Waals surface area contributed by atoms with Gasteiger partial charge in [-0.15, -0.1) is 0 Å². The van der Waals surface area contributed by atoms with E-state index < -0.39 is 8.80 Å². The summed E-state index contributed by atoms with van der Waals surface area (Å²) in [4.78, 5) is 0. The van der Waals surface area contributed by atoms with Gasteiger partial charge in [-0.3, -0.25) is 0 Å². The minimum Gasteiger partial charge on any atom is -0.377 e. The Kier molecular flexibility index (Phi) is 7.34. The third kappa shape index (κ3) is 4.03. The van der Waals surface area contributed by atoms with Gasteiger partial charge in [-0.05, 0) is 20.5 Å². The van der Waals surface area contributed by atoms with Crippen LogP contribution in [0.5, 0.6) is 0 Å². The molecule has 0 spiro atoms. The molecule has 0 bridgehead atoms. The molecule has 0 fully saturated rings. The summed E-state index contributed by atoms with van der Waals surface area (Å²) < 4.78 is 15.9. The summed E-state index contributed by atoms with van der Waals surface area (Å²) in [5.74, 6) is 0. The molecule has 2 N–H and O–H groups in total. The highest BCUT2D eigenvalue weighted by atomic mass is 28.4. The molecule has 0 saturated carbocycles. The van der Waals surface area contributed by atoms with E-state index in [1.165, 1.54) is 0 Å². The third-order valence-electron chi connectivity index (χ3n) is 2.37. The van der Waals surface area contributed by atoms with E-state index in [2.05, 4.69) is 10.6 Å². The van der Waals surface area contributed by atoms with Gasteiger partial charge < -0.3 is 23.9 Å². The van der Waals surface area contributed by atoms with Crippen LogP contribution in [0.1, 0.15) is 6.42 Å². The van der Waals surface area contributed by atoms with E-state index >= 15 is 0 Å². The van der Waals surface area contributed by atoms with Gasteiger partial charge in [0.15, 0.2) is 0 Å². The van der Waals surface area contributed by atoms with E-state index in [0.29, 0.717) is 0 Å². The molecule has 0 radical (unpaired) electrons. The average molecular weight is 222 g/mol. The molecule has 0 aliphatic heterocycles. The topological polar surface area (TPSA) is 51.8 Å². The highest BCUT2D eigenvalue weighted by Gasteiger charge is 2.37. The number of hydrogen-bond donors (Lipinski definition) is 2. The number of nitrogens with one attached hydrogen (secondary N) is 2. The van der Waals surface area contributed by atoms with Gasteiger partial charge >= 0.3 is 8.80 Å². The maximum atomic E-state index is 5.31. The van der Waals surface area contributed by atoms with Crippen LogP contribution in [0.3, 0.4) is 0 Å². The Morgan fingerprint density at radius 2 is 1.43 bits per heavy atom. The summed E-state index contributed by atoms with van der Waals surface area (Å²) in [6.07, 6.45) is 1.18. The van der Waals surface area contributed by atoms with Gasteiger partial charge in [-0.2, -0.15) is 0 Å². The van der Waals surface area contributed by atoms with E-state index in [1.54, 1.807) is 21.3 Å². The summed E-state index contributed by atoms with van der Waals surface area (Å²) in [5.41, 5.74) is 0. The lowest BCUT2D eigenvalue weighted by molar-refractivity contribution is 0.121. The Morgan fingerprint density at radius 1 is 1.00 bits per heavy atom. The molecule has 0 amide bonds. The standard InChI is InChI=1S/C8H22N2O3Si/c1-9-8(10-2)6-7-14(11-3,12-4)13-5/h8-10H,6-7H2,1-5H3. The van der Waals surface area contributed by atoms with Crippen LogP contribution >= 0.6 is 0 Å². The minimum atomic E-state index is -2.39. The molecule has 0 aromatic heterocycles. The molecule has 5 nitrogen and oxygen atoms in total. The van der Waals surface area contributed by atoms with Gasteiger partial charge in [-0.25, -0.2) is 0 Å². The fraction of sp³-hybridized carbons (Fsp3) is 1.00. The lowest BCUT2D eigenvalue weighted by atomic mass is 10.4. The molecular weight excluding hydrogens is 200 g/mol. The molecule has 0 aliphatic carbocycles. The van der Waals surface area contributed by atoms with Crippen molar-refractivity contribution in [3.8, 4) is 0 Å². The van der Waals surface area contributed by atoms with Crippen LogP contribution < -0.4 is 10.6 Å². The Morgan fingerprint density at radius 3 is 1.71 bits per heavy atom. The van der Waals surface area contributed by atoms with Crippen LogP contribution in [0, 0.1) is 0 Å². The second-order valence-electron chi connectivity index (χ2n) is 2.96. The SMILES string of the molecule is CNC(CC[Si](OC)(OC)OC)NC. The fourth-order valence-corrected chi connectivity index (χ4v) is 3.06. The third-order valence-corrected chi connectivity index (χ3v) is 5.14. The molecule has 0 rings (SSSR count). The van der Waals surface area contributed by atoms with Gasteiger partial charge in [0.1, 0.15) is 0 Å². The zero-order chi connectivity index (χ0) is 11.0. The van der Waals surface area contributed by atoms with Gasteiger partial charge in [-0.1, -0.05) is 0 Å². The van der Waals surface area contributed by atoms with Crippen molar-refractivity contribution in [1.29, 1.82) is 0 Å². The second kappa shape index (κ2) is 7.33. The first kappa shape index (κ1) is 14.0. The molecular formula is C8H22N2O3Si. The van der Waals surface area contributed by atoms with E-state index in [4.69, 9.17) is 13.3 Å². The van der Waals surface area contributed by atoms with Crippen LogP contribution in [0.25, 0.3) is 0 Å². The highest BCUT2D eigenvalue weighted by molar-refractivity contribution is 6.60. The maximum absolute atomic E-state index is 5.31. The first-order valence-corrected chi connectivity index (χ1v) is 6.61. The Balaban J connectivity index is 4.04. The van der Waals surface area contributed by atoms with Crippen LogP contribution in [-0.4, -0.2) is 50.4 Å². The molecule has 14 heavy (non-hydrogen) atoms. The lowest BCUT2D eigenvalue weighted by Gasteiger charge is -2.26. The zero-order valence-corrected chi connectivity index (χ0v) is 10.7. The van der Waals surface area contributed by atoms with Gasteiger partial charge in [0.2, 0.25) is 0 Å². The molecule has 0 aromatic rings. The highest BCUT2D eigenvalue weighted by Crippen LogP contribution is 2.15. The van der Waals surface area contributed by atoms with E-state index in [9.17, 15) is 0 Å². The van der Waals surface area contributed by atoms with Gasteiger partial charge in [0.05, 0.1) is 6.17 Å². The van der Waals surface area contributed by atoms with Gasteiger partial charge in [0.25, 0.3) is 0 Å². The van der Waals surface area contributed by atoms with E-state index in [-0.39, 0.29) is 6.17 Å². The molecule has 86 valence electrons. The molecule has 0 saturated heterocycles. The normalized spacial score (nSPS) is 12.4. The first-order chi connectivity index (χ1) is 6.67. The Hall–Kier alpha value is 0.0169. The summed E-state index contributed by atoms with van der Waals surface area (Å²) >= 11 is 0. The zero-order valence-electron chi connectivity index (χ0n) is 9.72. The molecule has 0 aliphatic rings. The Labute approximate surface area is 87.5 Å². The van der Waals surface area contributed by atoms with E-state index in [1.807, 2.05) is 14.1 Å². The second-order valence-corrected chi connectivity index (χ2v) is 6.05. The molecule has 0 unspecified atom stereocenters. The van der Waals surface area contributed by atoms with Crippen LogP contribution in [-0.2, 0) is 13.3 Å². The van der Waals surface area contributed by atoms with Crippen molar-refractivity contribution in [2.75, 3.05) is 35.4 Å².